The largest absolute Gasteiger partial charge is 0.489 e. The number of benzene rings is 2. The van der Waals surface area contributed by atoms with Crippen LogP contribution in [-0.4, -0.2) is 0 Å². The highest BCUT2D eigenvalue weighted by molar-refractivity contribution is 6.30. The molecule has 0 N–H and O–H groups in total. The molecule has 0 spiro atoms. The summed E-state index contributed by atoms with van der Waals surface area (Å²) in [7, 11) is 0. The minimum Gasteiger partial charge on any atom is -0.489 e. The molecule has 0 unspecified atom stereocenters. The van der Waals surface area contributed by atoms with Crippen LogP contribution in [0.3, 0.4) is 0 Å². The number of hydrogen-bond acceptors (Lipinski definition) is 1. The van der Waals surface area contributed by atoms with Crippen molar-refractivity contribution in [2.45, 2.75) is 32.8 Å². The van der Waals surface area contributed by atoms with Gasteiger partial charge in [0.2, 0.25) is 0 Å². The van der Waals surface area contributed by atoms with Gasteiger partial charge < -0.3 is 4.74 Å². The second-order valence-electron chi connectivity index (χ2n) is 5.81. The van der Waals surface area contributed by atoms with Gasteiger partial charge in [-0.25, -0.2) is 4.39 Å². The molecule has 0 aliphatic rings. The van der Waals surface area contributed by atoms with E-state index in [9.17, 15) is 4.39 Å². The predicted octanol–water partition coefficient (Wildman–Crippen LogP) is 5.36. The maximum atomic E-state index is 13.3. The van der Waals surface area contributed by atoms with Gasteiger partial charge >= 0.3 is 0 Å². The highest BCUT2D eigenvalue weighted by Crippen LogP contribution is 2.23. The minimum atomic E-state index is -0.466. The van der Waals surface area contributed by atoms with E-state index in [0.717, 1.165) is 5.56 Å². The van der Waals surface area contributed by atoms with Crippen LogP contribution in [0.15, 0.2) is 42.5 Å². The molecule has 0 aliphatic heterocycles. The molecule has 106 valence electrons. The normalized spacial score (nSPS) is 11.4. The Morgan fingerprint density at radius 1 is 1.05 bits per heavy atom. The first kappa shape index (κ1) is 14.9. The lowest BCUT2D eigenvalue weighted by Crippen LogP contribution is -2.10. The lowest BCUT2D eigenvalue weighted by molar-refractivity contribution is 0.304. The number of hydrogen-bond donors (Lipinski definition) is 0. The SMILES string of the molecule is CC(C)(C)c1ccc(COc2ccc(Cl)c(F)c2)cc1. The Hall–Kier alpha value is -1.54. The van der Waals surface area contributed by atoms with Gasteiger partial charge in [0.05, 0.1) is 5.02 Å². The van der Waals surface area contributed by atoms with E-state index in [1.54, 1.807) is 6.07 Å². The fourth-order valence-corrected chi connectivity index (χ4v) is 1.95. The van der Waals surface area contributed by atoms with E-state index in [1.807, 2.05) is 12.1 Å². The molecule has 0 atom stereocenters. The summed E-state index contributed by atoms with van der Waals surface area (Å²) in [5, 5.41) is 0.104. The second-order valence-corrected chi connectivity index (χ2v) is 6.22. The first-order chi connectivity index (χ1) is 9.36. The summed E-state index contributed by atoms with van der Waals surface area (Å²) in [6.45, 7) is 6.93. The first-order valence-electron chi connectivity index (χ1n) is 6.53. The molecule has 2 aromatic rings. The molecule has 20 heavy (non-hydrogen) atoms. The predicted molar refractivity (Wildman–Crippen MR) is 80.9 cm³/mol. The van der Waals surface area contributed by atoms with Crippen LogP contribution in [0.25, 0.3) is 0 Å². The summed E-state index contributed by atoms with van der Waals surface area (Å²) in [4.78, 5) is 0. The van der Waals surface area contributed by atoms with Crippen molar-refractivity contribution in [2.75, 3.05) is 0 Å². The van der Waals surface area contributed by atoms with Gasteiger partial charge in [0.25, 0.3) is 0 Å². The zero-order chi connectivity index (χ0) is 14.8. The van der Waals surface area contributed by atoms with Gasteiger partial charge in [0.1, 0.15) is 18.2 Å². The zero-order valence-electron chi connectivity index (χ0n) is 11.9. The van der Waals surface area contributed by atoms with Gasteiger partial charge in [-0.05, 0) is 28.7 Å². The van der Waals surface area contributed by atoms with Crippen LogP contribution >= 0.6 is 11.6 Å². The standard InChI is InChI=1S/C17H18ClFO/c1-17(2,3)13-6-4-12(5-7-13)11-20-14-8-9-15(18)16(19)10-14/h4-10H,11H2,1-3H3. The van der Waals surface area contributed by atoms with Crippen molar-refractivity contribution in [3.05, 3.63) is 64.4 Å². The molecule has 0 saturated heterocycles. The molecule has 2 aromatic carbocycles. The monoisotopic (exact) mass is 292 g/mol. The summed E-state index contributed by atoms with van der Waals surface area (Å²) >= 11 is 5.63. The van der Waals surface area contributed by atoms with E-state index in [1.165, 1.54) is 17.7 Å². The number of rotatable bonds is 3. The molecule has 0 fully saturated rings. The van der Waals surface area contributed by atoms with E-state index in [2.05, 4.69) is 32.9 Å². The van der Waals surface area contributed by atoms with E-state index < -0.39 is 5.82 Å². The van der Waals surface area contributed by atoms with Crippen molar-refractivity contribution >= 4 is 11.6 Å². The van der Waals surface area contributed by atoms with Crippen LogP contribution in [0.4, 0.5) is 4.39 Å². The Balaban J connectivity index is 2.02. The van der Waals surface area contributed by atoms with E-state index >= 15 is 0 Å². The minimum absolute atomic E-state index is 0.104. The first-order valence-corrected chi connectivity index (χ1v) is 6.91. The van der Waals surface area contributed by atoms with Crippen molar-refractivity contribution in [3.63, 3.8) is 0 Å². The van der Waals surface area contributed by atoms with Crippen LogP contribution in [0.5, 0.6) is 5.75 Å². The smallest absolute Gasteiger partial charge is 0.145 e. The number of ether oxygens (including phenoxy) is 1. The van der Waals surface area contributed by atoms with Gasteiger partial charge in [-0.3, -0.25) is 0 Å². The molecular formula is C17H18ClFO. The molecule has 0 radical (unpaired) electrons. The van der Waals surface area contributed by atoms with Crippen LogP contribution in [0.2, 0.25) is 5.02 Å². The quantitative estimate of drug-likeness (QED) is 0.740. The average molecular weight is 293 g/mol. The summed E-state index contributed by atoms with van der Waals surface area (Å²) in [5.41, 5.74) is 2.46. The maximum Gasteiger partial charge on any atom is 0.145 e. The zero-order valence-corrected chi connectivity index (χ0v) is 12.7. The van der Waals surface area contributed by atoms with Crippen molar-refractivity contribution in [1.29, 1.82) is 0 Å². The van der Waals surface area contributed by atoms with Crippen molar-refractivity contribution in [1.82, 2.24) is 0 Å². The van der Waals surface area contributed by atoms with Gasteiger partial charge in [-0.2, -0.15) is 0 Å². The number of halogens is 2. The van der Waals surface area contributed by atoms with Crippen molar-refractivity contribution in [2.24, 2.45) is 0 Å². The Kier molecular flexibility index (Phi) is 4.34. The summed E-state index contributed by atoms with van der Waals surface area (Å²) < 4.78 is 18.8. The van der Waals surface area contributed by atoms with Crippen LogP contribution < -0.4 is 4.74 Å². The molecule has 0 saturated carbocycles. The molecule has 3 heteroatoms. The molecule has 0 aromatic heterocycles. The highest BCUT2D eigenvalue weighted by atomic mass is 35.5. The van der Waals surface area contributed by atoms with Crippen LogP contribution in [0.1, 0.15) is 31.9 Å². The molecule has 0 heterocycles. The van der Waals surface area contributed by atoms with Gasteiger partial charge in [0, 0.05) is 6.07 Å². The fourth-order valence-electron chi connectivity index (χ4n) is 1.83. The van der Waals surface area contributed by atoms with Gasteiger partial charge in [0.15, 0.2) is 0 Å². The Morgan fingerprint density at radius 3 is 2.25 bits per heavy atom. The Morgan fingerprint density at radius 2 is 1.70 bits per heavy atom. The molecule has 0 bridgehead atoms. The van der Waals surface area contributed by atoms with E-state index in [-0.39, 0.29) is 10.4 Å². The molecule has 2 rings (SSSR count). The van der Waals surface area contributed by atoms with Crippen LogP contribution in [-0.2, 0) is 12.0 Å². The second kappa shape index (κ2) is 5.84. The third-order valence-corrected chi connectivity index (χ3v) is 3.42. The van der Waals surface area contributed by atoms with E-state index in [4.69, 9.17) is 16.3 Å². The molecular weight excluding hydrogens is 275 g/mol. The van der Waals surface area contributed by atoms with Crippen LogP contribution in [0, 0.1) is 5.82 Å². The fraction of sp³-hybridized carbons (Fsp3) is 0.294. The highest BCUT2D eigenvalue weighted by Gasteiger charge is 2.12. The molecule has 1 nitrogen and oxygen atoms in total. The van der Waals surface area contributed by atoms with Gasteiger partial charge in [-0.1, -0.05) is 56.6 Å². The van der Waals surface area contributed by atoms with E-state index in [0.29, 0.717) is 12.4 Å². The topological polar surface area (TPSA) is 9.23 Å². The Labute approximate surface area is 124 Å². The summed E-state index contributed by atoms with van der Waals surface area (Å²) in [6, 6.07) is 12.7. The van der Waals surface area contributed by atoms with Crippen molar-refractivity contribution < 1.29 is 9.13 Å². The lowest BCUT2D eigenvalue weighted by atomic mass is 9.87. The molecule has 0 amide bonds. The van der Waals surface area contributed by atoms with Gasteiger partial charge in [-0.15, -0.1) is 0 Å². The third kappa shape index (κ3) is 3.73. The Bertz CT molecular complexity index is 585. The summed E-state index contributed by atoms with van der Waals surface area (Å²) in [6.07, 6.45) is 0. The maximum absolute atomic E-state index is 13.3. The average Bonchev–Trinajstić information content (AvgIpc) is 2.40. The molecule has 0 aliphatic carbocycles. The third-order valence-electron chi connectivity index (χ3n) is 3.12. The summed E-state index contributed by atoms with van der Waals surface area (Å²) in [5.74, 6) is 0.0130. The lowest BCUT2D eigenvalue weighted by Gasteiger charge is -2.19. The van der Waals surface area contributed by atoms with Crippen molar-refractivity contribution in [3.8, 4) is 5.75 Å².